The quantitative estimate of drug-likeness (QED) is 0.435. The molecular formula is C28H28N4O4. The van der Waals surface area contributed by atoms with Crippen molar-refractivity contribution in [3.8, 4) is 17.4 Å². The third-order valence-electron chi connectivity index (χ3n) is 6.52. The standard InChI is InChI=1S/C28H28N4O4/c1-34-24-15-19-13-14-32(17-21(18-9-5-4-6-10-18)20(19)16-25(24)35-2)28(33)31-26-27(36-3)30-23-12-8-7-11-22(23)29-26/h4-12,15-16,21H,13-14,17H2,1-3H3,(H,29,31,33)/t21-/m0/s1. The summed E-state index contributed by atoms with van der Waals surface area (Å²) < 4.78 is 16.6. The van der Waals surface area contributed by atoms with Crippen molar-refractivity contribution in [2.45, 2.75) is 12.3 Å². The molecule has 3 aromatic carbocycles. The van der Waals surface area contributed by atoms with E-state index in [1.807, 2.05) is 59.5 Å². The molecule has 0 bridgehead atoms. The molecule has 36 heavy (non-hydrogen) atoms. The van der Waals surface area contributed by atoms with Gasteiger partial charge in [0.05, 0.1) is 32.4 Å². The topological polar surface area (TPSA) is 85.8 Å². The summed E-state index contributed by atoms with van der Waals surface area (Å²) >= 11 is 0. The van der Waals surface area contributed by atoms with Gasteiger partial charge in [-0.2, -0.15) is 0 Å². The summed E-state index contributed by atoms with van der Waals surface area (Å²) in [5.41, 5.74) is 4.74. The predicted octanol–water partition coefficient (Wildman–Crippen LogP) is 4.88. The van der Waals surface area contributed by atoms with Crippen LogP contribution in [0.3, 0.4) is 0 Å². The Morgan fingerprint density at radius 3 is 2.25 bits per heavy atom. The van der Waals surface area contributed by atoms with Crippen molar-refractivity contribution in [1.82, 2.24) is 14.9 Å². The summed E-state index contributed by atoms with van der Waals surface area (Å²) in [6.45, 7) is 1.02. The van der Waals surface area contributed by atoms with Crippen LogP contribution in [0.5, 0.6) is 17.4 Å². The fraction of sp³-hybridized carbons (Fsp3) is 0.250. The van der Waals surface area contributed by atoms with Crippen LogP contribution in [0, 0.1) is 0 Å². The number of hydrogen-bond donors (Lipinski definition) is 1. The highest BCUT2D eigenvalue weighted by atomic mass is 16.5. The summed E-state index contributed by atoms with van der Waals surface area (Å²) in [5.74, 6) is 1.87. The van der Waals surface area contributed by atoms with Gasteiger partial charge >= 0.3 is 6.03 Å². The first-order valence-electron chi connectivity index (χ1n) is 11.8. The van der Waals surface area contributed by atoms with Gasteiger partial charge in [0, 0.05) is 19.0 Å². The Labute approximate surface area is 209 Å². The first kappa shape index (κ1) is 23.4. The number of ether oxygens (including phenoxy) is 3. The number of benzene rings is 3. The van der Waals surface area contributed by atoms with Crippen molar-refractivity contribution in [2.75, 3.05) is 39.7 Å². The molecule has 1 aliphatic heterocycles. The second-order valence-electron chi connectivity index (χ2n) is 8.57. The van der Waals surface area contributed by atoms with Gasteiger partial charge in [0.15, 0.2) is 17.3 Å². The molecule has 0 radical (unpaired) electrons. The monoisotopic (exact) mass is 484 g/mol. The highest BCUT2D eigenvalue weighted by Gasteiger charge is 2.29. The van der Waals surface area contributed by atoms with Crippen LogP contribution in [0.4, 0.5) is 10.6 Å². The number of fused-ring (bicyclic) bond motifs is 2. The molecule has 5 rings (SSSR count). The molecule has 0 aliphatic carbocycles. The lowest BCUT2D eigenvalue weighted by Gasteiger charge is -2.26. The summed E-state index contributed by atoms with van der Waals surface area (Å²) in [6.07, 6.45) is 0.674. The second-order valence-corrected chi connectivity index (χ2v) is 8.57. The Kier molecular flexibility index (Phi) is 6.58. The van der Waals surface area contributed by atoms with Gasteiger partial charge in [-0.15, -0.1) is 0 Å². The van der Waals surface area contributed by atoms with Crippen LogP contribution in [0.15, 0.2) is 66.7 Å². The molecule has 0 saturated heterocycles. The van der Waals surface area contributed by atoms with Gasteiger partial charge in [0.2, 0.25) is 0 Å². The Morgan fingerprint density at radius 2 is 1.56 bits per heavy atom. The van der Waals surface area contributed by atoms with Crippen LogP contribution in [-0.4, -0.2) is 55.3 Å². The summed E-state index contributed by atoms with van der Waals surface area (Å²) in [5, 5.41) is 2.93. The molecular weight excluding hydrogens is 456 g/mol. The molecule has 8 heteroatoms. The van der Waals surface area contributed by atoms with Crippen molar-refractivity contribution in [2.24, 2.45) is 0 Å². The average molecular weight is 485 g/mol. The number of nitrogens with zero attached hydrogens (tertiary/aromatic N) is 3. The van der Waals surface area contributed by atoms with E-state index in [1.165, 1.54) is 7.11 Å². The van der Waals surface area contributed by atoms with Crippen molar-refractivity contribution < 1.29 is 19.0 Å². The van der Waals surface area contributed by atoms with E-state index >= 15 is 0 Å². The molecule has 1 N–H and O–H groups in total. The van der Waals surface area contributed by atoms with E-state index in [-0.39, 0.29) is 17.8 Å². The molecule has 2 amide bonds. The Hall–Kier alpha value is -4.33. The molecule has 1 aromatic heterocycles. The molecule has 0 fully saturated rings. The fourth-order valence-corrected chi connectivity index (χ4v) is 4.69. The van der Waals surface area contributed by atoms with E-state index in [4.69, 9.17) is 14.2 Å². The number of carbonyl (C=O) groups excluding carboxylic acids is 1. The number of rotatable bonds is 5. The molecule has 0 saturated carbocycles. The van der Waals surface area contributed by atoms with E-state index in [1.54, 1.807) is 14.2 Å². The smallest absolute Gasteiger partial charge is 0.323 e. The average Bonchev–Trinajstić information content (AvgIpc) is 3.11. The first-order valence-corrected chi connectivity index (χ1v) is 11.8. The van der Waals surface area contributed by atoms with Crippen LogP contribution in [-0.2, 0) is 6.42 Å². The van der Waals surface area contributed by atoms with Gasteiger partial charge < -0.3 is 19.1 Å². The highest BCUT2D eigenvalue weighted by molar-refractivity contribution is 5.91. The number of aromatic nitrogens is 2. The van der Waals surface area contributed by atoms with Crippen LogP contribution in [0.1, 0.15) is 22.6 Å². The predicted molar refractivity (Wildman–Crippen MR) is 138 cm³/mol. The van der Waals surface area contributed by atoms with E-state index in [9.17, 15) is 4.79 Å². The number of nitrogens with one attached hydrogen (secondary N) is 1. The van der Waals surface area contributed by atoms with Gasteiger partial charge in [0.25, 0.3) is 5.88 Å². The van der Waals surface area contributed by atoms with Crippen molar-refractivity contribution >= 4 is 22.9 Å². The highest BCUT2D eigenvalue weighted by Crippen LogP contribution is 2.39. The van der Waals surface area contributed by atoms with E-state index in [0.29, 0.717) is 47.9 Å². The Bertz CT molecular complexity index is 1390. The number of para-hydroxylation sites is 2. The third kappa shape index (κ3) is 4.49. The van der Waals surface area contributed by atoms with Gasteiger partial charge in [-0.25, -0.2) is 14.8 Å². The third-order valence-corrected chi connectivity index (χ3v) is 6.52. The van der Waals surface area contributed by atoms with Gasteiger partial charge in [0.1, 0.15) is 0 Å². The molecule has 4 aromatic rings. The molecule has 1 aliphatic rings. The van der Waals surface area contributed by atoms with Gasteiger partial charge in [-0.05, 0) is 47.4 Å². The maximum absolute atomic E-state index is 13.5. The number of anilines is 1. The minimum atomic E-state index is -0.259. The van der Waals surface area contributed by atoms with E-state index < -0.39 is 0 Å². The van der Waals surface area contributed by atoms with Crippen LogP contribution in [0.25, 0.3) is 11.0 Å². The maximum Gasteiger partial charge on any atom is 0.323 e. The molecule has 8 nitrogen and oxygen atoms in total. The first-order chi connectivity index (χ1) is 17.6. The van der Waals surface area contributed by atoms with E-state index in [0.717, 1.165) is 16.7 Å². The molecule has 184 valence electrons. The zero-order valence-corrected chi connectivity index (χ0v) is 20.5. The summed E-state index contributed by atoms with van der Waals surface area (Å²) in [4.78, 5) is 24.4. The number of hydrogen-bond acceptors (Lipinski definition) is 6. The molecule has 0 spiro atoms. The fourth-order valence-electron chi connectivity index (χ4n) is 4.69. The number of methoxy groups -OCH3 is 3. The molecule has 1 atom stereocenters. The minimum Gasteiger partial charge on any atom is -0.493 e. The van der Waals surface area contributed by atoms with Gasteiger partial charge in [-0.3, -0.25) is 5.32 Å². The van der Waals surface area contributed by atoms with Crippen LogP contribution >= 0.6 is 0 Å². The zero-order valence-electron chi connectivity index (χ0n) is 20.5. The number of carbonyl (C=O) groups is 1. The van der Waals surface area contributed by atoms with Gasteiger partial charge in [-0.1, -0.05) is 42.5 Å². The minimum absolute atomic E-state index is 0.0427. The zero-order chi connectivity index (χ0) is 25.1. The van der Waals surface area contributed by atoms with Crippen molar-refractivity contribution in [1.29, 1.82) is 0 Å². The van der Waals surface area contributed by atoms with E-state index in [2.05, 4.69) is 27.4 Å². The maximum atomic E-state index is 13.5. The normalized spacial score (nSPS) is 15.1. The lowest BCUT2D eigenvalue weighted by molar-refractivity contribution is 0.212. The summed E-state index contributed by atoms with van der Waals surface area (Å²) in [6, 6.07) is 21.5. The molecule has 0 unspecified atom stereocenters. The van der Waals surface area contributed by atoms with Crippen LogP contribution < -0.4 is 19.5 Å². The SMILES string of the molecule is COc1cc2c(cc1OC)[C@H](c1ccccc1)CN(C(=O)Nc1nc3ccccc3nc1OC)CC2. The lowest BCUT2D eigenvalue weighted by atomic mass is 9.87. The number of urea groups is 1. The Morgan fingerprint density at radius 1 is 0.889 bits per heavy atom. The van der Waals surface area contributed by atoms with Crippen molar-refractivity contribution in [3.63, 3.8) is 0 Å². The molecule has 2 heterocycles. The summed E-state index contributed by atoms with van der Waals surface area (Å²) in [7, 11) is 4.78. The lowest BCUT2D eigenvalue weighted by Crippen LogP contribution is -2.38. The largest absolute Gasteiger partial charge is 0.493 e. The Balaban J connectivity index is 1.49. The number of amides is 2. The van der Waals surface area contributed by atoms with Crippen LogP contribution in [0.2, 0.25) is 0 Å². The van der Waals surface area contributed by atoms with Crippen molar-refractivity contribution in [3.05, 3.63) is 83.4 Å². The second kappa shape index (κ2) is 10.1.